The van der Waals surface area contributed by atoms with Crippen LogP contribution in [0.15, 0.2) is 18.2 Å². The van der Waals surface area contributed by atoms with E-state index in [1.54, 1.807) is 0 Å². The van der Waals surface area contributed by atoms with Crippen LogP contribution in [0.1, 0.15) is 29.7 Å². The molecule has 0 aromatic heterocycles. The molecule has 0 spiro atoms. The SMILES string of the molecule is Cc1ccc(C(O)[C@@H](C)N)c(C)c1. The highest BCUT2D eigenvalue weighted by molar-refractivity contribution is 5.32. The van der Waals surface area contributed by atoms with Crippen LogP contribution in [-0.2, 0) is 0 Å². The third-order valence-corrected chi connectivity index (χ3v) is 2.24. The molecule has 0 heterocycles. The van der Waals surface area contributed by atoms with Gasteiger partial charge in [-0.1, -0.05) is 23.8 Å². The van der Waals surface area contributed by atoms with Gasteiger partial charge in [-0.25, -0.2) is 0 Å². The highest BCUT2D eigenvalue weighted by Crippen LogP contribution is 2.20. The van der Waals surface area contributed by atoms with E-state index in [-0.39, 0.29) is 6.04 Å². The average molecular weight is 179 g/mol. The Labute approximate surface area is 79.4 Å². The molecule has 3 N–H and O–H groups in total. The molecule has 0 saturated heterocycles. The van der Waals surface area contributed by atoms with Crippen molar-refractivity contribution in [3.8, 4) is 0 Å². The van der Waals surface area contributed by atoms with Crippen LogP contribution in [-0.4, -0.2) is 11.1 Å². The minimum Gasteiger partial charge on any atom is -0.387 e. The van der Waals surface area contributed by atoms with E-state index in [9.17, 15) is 5.11 Å². The molecule has 1 aromatic rings. The van der Waals surface area contributed by atoms with Gasteiger partial charge in [0.25, 0.3) is 0 Å². The van der Waals surface area contributed by atoms with Crippen molar-refractivity contribution in [3.63, 3.8) is 0 Å². The van der Waals surface area contributed by atoms with E-state index in [2.05, 4.69) is 6.07 Å². The van der Waals surface area contributed by atoms with Crippen molar-refractivity contribution in [1.29, 1.82) is 0 Å². The molecule has 13 heavy (non-hydrogen) atoms. The van der Waals surface area contributed by atoms with Crippen molar-refractivity contribution < 1.29 is 5.11 Å². The second-order valence-corrected chi connectivity index (χ2v) is 3.66. The van der Waals surface area contributed by atoms with Crippen LogP contribution in [0, 0.1) is 13.8 Å². The zero-order valence-electron chi connectivity index (χ0n) is 8.41. The van der Waals surface area contributed by atoms with Gasteiger partial charge >= 0.3 is 0 Å². The maximum absolute atomic E-state index is 9.74. The normalized spacial score (nSPS) is 15.5. The lowest BCUT2D eigenvalue weighted by atomic mass is 9.98. The Hall–Kier alpha value is -0.860. The molecular formula is C11H17NO. The maximum Gasteiger partial charge on any atom is 0.0940 e. The largest absolute Gasteiger partial charge is 0.387 e. The Balaban J connectivity index is 3.01. The first-order valence-electron chi connectivity index (χ1n) is 4.53. The average Bonchev–Trinajstić information content (AvgIpc) is 2.03. The van der Waals surface area contributed by atoms with Gasteiger partial charge in [-0.05, 0) is 31.9 Å². The number of aliphatic hydroxyl groups is 1. The number of rotatable bonds is 2. The predicted molar refractivity (Wildman–Crippen MR) is 54.5 cm³/mol. The van der Waals surface area contributed by atoms with Crippen molar-refractivity contribution in [2.75, 3.05) is 0 Å². The molecule has 0 fully saturated rings. The third-order valence-electron chi connectivity index (χ3n) is 2.24. The minimum atomic E-state index is -0.555. The van der Waals surface area contributed by atoms with Gasteiger partial charge in [0, 0.05) is 6.04 Å². The summed E-state index contributed by atoms with van der Waals surface area (Å²) in [7, 11) is 0. The molecule has 0 saturated carbocycles. The van der Waals surface area contributed by atoms with Crippen LogP contribution in [0.25, 0.3) is 0 Å². The summed E-state index contributed by atoms with van der Waals surface area (Å²) < 4.78 is 0. The van der Waals surface area contributed by atoms with Gasteiger partial charge < -0.3 is 10.8 Å². The maximum atomic E-state index is 9.74. The lowest BCUT2D eigenvalue weighted by Gasteiger charge is -2.17. The van der Waals surface area contributed by atoms with Crippen molar-refractivity contribution in [2.24, 2.45) is 5.73 Å². The number of hydrogen-bond acceptors (Lipinski definition) is 2. The van der Waals surface area contributed by atoms with E-state index in [4.69, 9.17) is 5.73 Å². The molecular weight excluding hydrogens is 162 g/mol. The Morgan fingerprint density at radius 3 is 2.38 bits per heavy atom. The molecule has 0 aliphatic rings. The summed E-state index contributed by atoms with van der Waals surface area (Å²) in [6.45, 7) is 5.84. The fourth-order valence-electron chi connectivity index (χ4n) is 1.44. The van der Waals surface area contributed by atoms with Crippen LogP contribution < -0.4 is 5.73 Å². The van der Waals surface area contributed by atoms with E-state index >= 15 is 0 Å². The quantitative estimate of drug-likeness (QED) is 0.725. The third kappa shape index (κ3) is 2.29. The van der Waals surface area contributed by atoms with Crippen LogP contribution in [0.4, 0.5) is 0 Å². The standard InChI is InChI=1S/C11H17NO/c1-7-4-5-10(8(2)6-7)11(13)9(3)12/h4-6,9,11,13H,12H2,1-3H3/t9-,11?/m1/s1. The second-order valence-electron chi connectivity index (χ2n) is 3.66. The fourth-order valence-corrected chi connectivity index (χ4v) is 1.44. The van der Waals surface area contributed by atoms with Gasteiger partial charge in [0.1, 0.15) is 0 Å². The van der Waals surface area contributed by atoms with E-state index in [1.807, 2.05) is 32.9 Å². The van der Waals surface area contributed by atoms with Crippen LogP contribution in [0.3, 0.4) is 0 Å². The number of aryl methyl sites for hydroxylation is 2. The van der Waals surface area contributed by atoms with Crippen molar-refractivity contribution >= 4 is 0 Å². The van der Waals surface area contributed by atoms with Gasteiger partial charge in [-0.3, -0.25) is 0 Å². The first kappa shape index (κ1) is 10.2. The first-order valence-corrected chi connectivity index (χ1v) is 4.53. The van der Waals surface area contributed by atoms with Crippen molar-refractivity contribution in [1.82, 2.24) is 0 Å². The van der Waals surface area contributed by atoms with E-state index in [0.717, 1.165) is 11.1 Å². The lowest BCUT2D eigenvalue weighted by molar-refractivity contribution is 0.152. The zero-order chi connectivity index (χ0) is 10.0. The lowest BCUT2D eigenvalue weighted by Crippen LogP contribution is -2.24. The van der Waals surface area contributed by atoms with E-state index in [0.29, 0.717) is 0 Å². The van der Waals surface area contributed by atoms with Crippen LogP contribution in [0.2, 0.25) is 0 Å². The van der Waals surface area contributed by atoms with Crippen molar-refractivity contribution in [3.05, 3.63) is 34.9 Å². The van der Waals surface area contributed by atoms with Crippen LogP contribution >= 0.6 is 0 Å². The van der Waals surface area contributed by atoms with Gasteiger partial charge in [-0.2, -0.15) is 0 Å². The topological polar surface area (TPSA) is 46.2 Å². The molecule has 72 valence electrons. The van der Waals surface area contributed by atoms with E-state index in [1.165, 1.54) is 5.56 Å². The molecule has 0 aliphatic carbocycles. The van der Waals surface area contributed by atoms with Gasteiger partial charge in [-0.15, -0.1) is 0 Å². The summed E-state index contributed by atoms with van der Waals surface area (Å²) in [5.41, 5.74) is 8.86. The monoisotopic (exact) mass is 179 g/mol. The molecule has 1 aromatic carbocycles. The molecule has 0 bridgehead atoms. The summed E-state index contributed by atoms with van der Waals surface area (Å²) in [5.74, 6) is 0. The highest BCUT2D eigenvalue weighted by Gasteiger charge is 2.13. The molecule has 0 radical (unpaired) electrons. The van der Waals surface area contributed by atoms with Gasteiger partial charge in [0.2, 0.25) is 0 Å². The number of benzene rings is 1. The summed E-state index contributed by atoms with van der Waals surface area (Å²) >= 11 is 0. The zero-order valence-corrected chi connectivity index (χ0v) is 8.41. The molecule has 1 unspecified atom stereocenters. The summed E-state index contributed by atoms with van der Waals surface area (Å²) in [6, 6.07) is 5.77. The predicted octanol–water partition coefficient (Wildman–Crippen LogP) is 1.68. The highest BCUT2D eigenvalue weighted by atomic mass is 16.3. The van der Waals surface area contributed by atoms with E-state index < -0.39 is 6.10 Å². The molecule has 2 nitrogen and oxygen atoms in total. The Morgan fingerprint density at radius 1 is 1.31 bits per heavy atom. The smallest absolute Gasteiger partial charge is 0.0940 e. The van der Waals surface area contributed by atoms with Crippen molar-refractivity contribution in [2.45, 2.75) is 32.9 Å². The summed E-state index contributed by atoms with van der Waals surface area (Å²) in [4.78, 5) is 0. The molecule has 1 rings (SSSR count). The Kier molecular flexibility index (Phi) is 3.07. The van der Waals surface area contributed by atoms with Gasteiger partial charge in [0.05, 0.1) is 6.10 Å². The molecule has 0 amide bonds. The summed E-state index contributed by atoms with van der Waals surface area (Å²) in [6.07, 6.45) is -0.555. The number of aliphatic hydroxyl groups excluding tert-OH is 1. The molecule has 2 atom stereocenters. The number of hydrogen-bond donors (Lipinski definition) is 2. The second kappa shape index (κ2) is 3.90. The Morgan fingerprint density at radius 2 is 1.92 bits per heavy atom. The van der Waals surface area contributed by atoms with Crippen LogP contribution in [0.5, 0.6) is 0 Å². The Bertz CT molecular complexity index is 294. The summed E-state index contributed by atoms with van der Waals surface area (Å²) in [5, 5.41) is 9.74. The molecule has 0 aliphatic heterocycles. The van der Waals surface area contributed by atoms with Gasteiger partial charge in [0.15, 0.2) is 0 Å². The fraction of sp³-hybridized carbons (Fsp3) is 0.455. The number of nitrogens with two attached hydrogens (primary N) is 1. The molecule has 2 heteroatoms. The minimum absolute atomic E-state index is 0.221. The first-order chi connectivity index (χ1) is 6.02.